The minimum absolute atomic E-state index is 0.0327. The van der Waals surface area contributed by atoms with Crippen molar-refractivity contribution >= 4 is 26.9 Å². The van der Waals surface area contributed by atoms with Crippen molar-refractivity contribution in [1.82, 2.24) is 4.90 Å². The van der Waals surface area contributed by atoms with E-state index in [0.29, 0.717) is 44.0 Å². The van der Waals surface area contributed by atoms with Crippen molar-refractivity contribution in [3.05, 3.63) is 60.2 Å². The number of sulfonamides is 1. The van der Waals surface area contributed by atoms with E-state index in [4.69, 9.17) is 14.2 Å². The number of anilines is 1. The van der Waals surface area contributed by atoms with Gasteiger partial charge in [-0.05, 0) is 31.0 Å². The lowest BCUT2D eigenvalue weighted by molar-refractivity contribution is -0.135. The number of morpholine rings is 1. The highest BCUT2D eigenvalue weighted by Crippen LogP contribution is 2.39. The molecule has 2 aliphatic heterocycles. The van der Waals surface area contributed by atoms with Gasteiger partial charge in [-0.2, -0.15) is 8.42 Å². The van der Waals surface area contributed by atoms with E-state index in [1.807, 2.05) is 6.07 Å². The third-order valence-electron chi connectivity index (χ3n) is 5.96. The highest BCUT2D eigenvalue weighted by molar-refractivity contribution is 8.06. The van der Waals surface area contributed by atoms with E-state index in [1.54, 1.807) is 60.4 Å². The Kier molecular flexibility index (Phi) is 7.38. The second kappa shape index (κ2) is 10.4. The average Bonchev–Trinajstić information content (AvgIpc) is 2.86. The number of rotatable bonds is 6. The summed E-state index contributed by atoms with van der Waals surface area (Å²) in [6.07, 6.45) is -0.114. The Balaban J connectivity index is 1.50. The van der Waals surface area contributed by atoms with E-state index in [0.717, 1.165) is 4.31 Å². The zero-order valence-corrected chi connectivity index (χ0v) is 19.8. The molecule has 1 saturated heterocycles. The number of fused-ring (bicyclic) bond motifs is 1. The summed E-state index contributed by atoms with van der Waals surface area (Å²) in [5.74, 6) is 0.304. The highest BCUT2D eigenvalue weighted by Gasteiger charge is 2.44. The van der Waals surface area contributed by atoms with Crippen LogP contribution in [0.1, 0.15) is 25.3 Å². The standard InChI is InChI=1S/C24H28N2O7S/c1-18-21(11-12-23(27)25-13-15-31-16-14-25)33-22-10-6-5-9-20(22)26(18)34(29,30)24(28)32-17-19-7-3-2-4-8-19/h2-10,18,21H,11-17H2,1H3/t18-,21?/m1/s1. The van der Waals surface area contributed by atoms with E-state index < -0.39 is 27.5 Å². The molecule has 182 valence electrons. The van der Waals surface area contributed by atoms with Crippen LogP contribution in [0.4, 0.5) is 10.5 Å². The van der Waals surface area contributed by atoms with Gasteiger partial charge in [-0.15, -0.1) is 0 Å². The molecule has 1 amide bonds. The van der Waals surface area contributed by atoms with Crippen LogP contribution in [0.2, 0.25) is 0 Å². The summed E-state index contributed by atoms with van der Waals surface area (Å²) in [5, 5.41) is -1.33. The van der Waals surface area contributed by atoms with Gasteiger partial charge in [0, 0.05) is 19.5 Å². The number of ether oxygens (including phenoxy) is 3. The Hall–Kier alpha value is -3.11. The van der Waals surface area contributed by atoms with Crippen molar-refractivity contribution in [1.29, 1.82) is 0 Å². The van der Waals surface area contributed by atoms with Gasteiger partial charge in [0.05, 0.1) is 24.9 Å². The lowest BCUT2D eigenvalue weighted by Crippen LogP contribution is -2.53. The van der Waals surface area contributed by atoms with Crippen LogP contribution < -0.4 is 9.04 Å². The summed E-state index contributed by atoms with van der Waals surface area (Å²) >= 11 is 0. The molecular formula is C24H28N2O7S. The molecule has 10 heteroatoms. The summed E-state index contributed by atoms with van der Waals surface area (Å²) in [6.45, 7) is 3.60. The largest absolute Gasteiger partial charge is 0.486 e. The van der Waals surface area contributed by atoms with Crippen molar-refractivity contribution in [3.8, 4) is 5.75 Å². The number of benzene rings is 2. The molecule has 2 aliphatic rings. The van der Waals surface area contributed by atoms with Gasteiger partial charge in [0.15, 0.2) is 0 Å². The molecule has 34 heavy (non-hydrogen) atoms. The Morgan fingerprint density at radius 2 is 1.71 bits per heavy atom. The van der Waals surface area contributed by atoms with Crippen molar-refractivity contribution < 1.29 is 32.2 Å². The predicted octanol–water partition coefficient (Wildman–Crippen LogP) is 2.95. The molecular weight excluding hydrogens is 460 g/mol. The first-order chi connectivity index (χ1) is 16.4. The van der Waals surface area contributed by atoms with Crippen LogP contribution in [0.15, 0.2) is 54.6 Å². The van der Waals surface area contributed by atoms with Crippen LogP contribution in [-0.2, 0) is 30.9 Å². The molecule has 0 aromatic heterocycles. The molecule has 1 fully saturated rings. The second-order valence-electron chi connectivity index (χ2n) is 8.22. The van der Waals surface area contributed by atoms with E-state index in [1.165, 1.54) is 0 Å². The van der Waals surface area contributed by atoms with Gasteiger partial charge in [-0.1, -0.05) is 42.5 Å². The van der Waals surface area contributed by atoms with E-state index in [9.17, 15) is 18.0 Å². The van der Waals surface area contributed by atoms with Gasteiger partial charge in [0.25, 0.3) is 0 Å². The third-order valence-corrected chi connectivity index (χ3v) is 7.55. The minimum atomic E-state index is -4.51. The zero-order valence-electron chi connectivity index (χ0n) is 19.0. The summed E-state index contributed by atoms with van der Waals surface area (Å²) in [7, 11) is -4.51. The van der Waals surface area contributed by atoms with Crippen molar-refractivity contribution in [2.75, 3.05) is 30.6 Å². The lowest BCUT2D eigenvalue weighted by Gasteiger charge is -2.40. The minimum Gasteiger partial charge on any atom is -0.486 e. The van der Waals surface area contributed by atoms with Crippen LogP contribution in [0.5, 0.6) is 5.75 Å². The molecule has 9 nitrogen and oxygen atoms in total. The first kappa shape index (κ1) is 24.0. The maximum absolute atomic E-state index is 13.3. The molecule has 0 spiro atoms. The number of carbonyl (C=O) groups excluding carboxylic acids is 2. The summed E-state index contributed by atoms with van der Waals surface area (Å²) < 4.78 is 44.2. The van der Waals surface area contributed by atoms with Gasteiger partial charge in [0.1, 0.15) is 18.5 Å². The smallest absolute Gasteiger partial charge is 0.445 e. The van der Waals surface area contributed by atoms with Crippen LogP contribution in [0.25, 0.3) is 0 Å². The average molecular weight is 489 g/mol. The fourth-order valence-electron chi connectivity index (χ4n) is 4.13. The Labute approximate surface area is 199 Å². The number of hydrogen-bond donors (Lipinski definition) is 0. The van der Waals surface area contributed by atoms with Crippen molar-refractivity contribution in [2.24, 2.45) is 0 Å². The van der Waals surface area contributed by atoms with Gasteiger partial charge in [-0.25, -0.2) is 4.79 Å². The zero-order chi connectivity index (χ0) is 24.1. The Morgan fingerprint density at radius 3 is 2.44 bits per heavy atom. The Bertz CT molecular complexity index is 1120. The maximum Gasteiger partial charge on any atom is 0.445 e. The molecule has 4 rings (SSSR count). The van der Waals surface area contributed by atoms with Crippen LogP contribution in [0.3, 0.4) is 0 Å². The molecule has 2 atom stereocenters. The van der Waals surface area contributed by atoms with Gasteiger partial charge >= 0.3 is 15.3 Å². The molecule has 2 aromatic rings. The lowest BCUT2D eigenvalue weighted by atomic mass is 10.0. The first-order valence-electron chi connectivity index (χ1n) is 11.2. The molecule has 2 aromatic carbocycles. The summed E-state index contributed by atoms with van der Waals surface area (Å²) in [5.41, 5.74) is 0.948. The van der Waals surface area contributed by atoms with Crippen LogP contribution >= 0.6 is 0 Å². The molecule has 0 radical (unpaired) electrons. The molecule has 2 heterocycles. The van der Waals surface area contributed by atoms with Crippen LogP contribution in [-0.4, -0.2) is 63.0 Å². The first-order valence-corrected chi connectivity index (χ1v) is 12.7. The number of hydrogen-bond acceptors (Lipinski definition) is 7. The SMILES string of the molecule is C[C@@H]1C(CCC(=O)N2CCOCC2)Oc2ccccc2N1S(=O)(=O)C(=O)OCc1ccccc1. The number of amides is 1. The number of para-hydroxylation sites is 2. The number of carbonyl (C=O) groups is 2. The third kappa shape index (κ3) is 5.18. The van der Waals surface area contributed by atoms with Gasteiger partial charge in [-0.3, -0.25) is 9.10 Å². The number of nitrogens with zero attached hydrogens (tertiary/aromatic N) is 2. The topological polar surface area (TPSA) is 102 Å². The molecule has 0 saturated carbocycles. The highest BCUT2D eigenvalue weighted by atomic mass is 32.2. The maximum atomic E-state index is 13.3. The monoisotopic (exact) mass is 488 g/mol. The summed E-state index contributed by atoms with van der Waals surface area (Å²) in [4.78, 5) is 27.1. The summed E-state index contributed by atoms with van der Waals surface area (Å²) in [6, 6.07) is 14.8. The molecule has 0 aliphatic carbocycles. The van der Waals surface area contributed by atoms with Crippen LogP contribution in [0, 0.1) is 0 Å². The van der Waals surface area contributed by atoms with Gasteiger partial charge < -0.3 is 19.1 Å². The molecule has 0 bridgehead atoms. The second-order valence-corrected chi connectivity index (χ2v) is 9.90. The molecule has 0 N–H and O–H groups in total. The van der Waals surface area contributed by atoms with E-state index in [-0.39, 0.29) is 24.6 Å². The van der Waals surface area contributed by atoms with Crippen molar-refractivity contribution in [3.63, 3.8) is 0 Å². The van der Waals surface area contributed by atoms with E-state index in [2.05, 4.69) is 0 Å². The fourth-order valence-corrected chi connectivity index (χ4v) is 5.48. The van der Waals surface area contributed by atoms with E-state index >= 15 is 0 Å². The normalized spacial score (nSPS) is 20.3. The van der Waals surface area contributed by atoms with Crippen molar-refractivity contribution in [2.45, 2.75) is 38.5 Å². The Morgan fingerprint density at radius 1 is 1.03 bits per heavy atom. The quantitative estimate of drug-likeness (QED) is 0.576. The van der Waals surface area contributed by atoms with Gasteiger partial charge in [0.2, 0.25) is 5.91 Å². The molecule has 1 unspecified atom stereocenters. The predicted molar refractivity (Wildman–Crippen MR) is 125 cm³/mol. The fraction of sp³-hybridized carbons (Fsp3) is 0.417.